The van der Waals surface area contributed by atoms with E-state index >= 15 is 0 Å². The Morgan fingerprint density at radius 1 is 1.14 bits per heavy atom. The first-order valence-corrected chi connectivity index (χ1v) is 12.3. The molecule has 0 aromatic carbocycles. The number of likely N-dealkylation sites (tertiary alicyclic amines) is 1. The van der Waals surface area contributed by atoms with E-state index < -0.39 is 28.7 Å². The van der Waals surface area contributed by atoms with Gasteiger partial charge in [-0.15, -0.1) is 11.3 Å². The SMILES string of the molecule is C[C@@H](NC(=O)c1cnc(CN2CCCC2)n1C)c1ncc(C(=O)Nc2cc(C(F)(F)F)c(Cl)cn2)s1. The lowest BCUT2D eigenvalue weighted by Crippen LogP contribution is -2.29. The van der Waals surface area contributed by atoms with Crippen LogP contribution in [0, 0.1) is 0 Å². The molecule has 0 saturated carbocycles. The highest BCUT2D eigenvalue weighted by atomic mass is 35.5. The van der Waals surface area contributed by atoms with E-state index in [1.807, 2.05) is 0 Å². The molecule has 9 nitrogen and oxygen atoms in total. The van der Waals surface area contributed by atoms with Gasteiger partial charge in [-0.25, -0.2) is 15.0 Å². The Kier molecular flexibility index (Phi) is 7.62. The molecule has 4 rings (SSSR count). The van der Waals surface area contributed by atoms with Gasteiger partial charge in [0.15, 0.2) is 0 Å². The minimum Gasteiger partial charge on any atom is -0.342 e. The molecule has 1 aliphatic heterocycles. The molecule has 1 saturated heterocycles. The third kappa shape index (κ3) is 5.85. The Bertz CT molecular complexity index is 1270. The number of thiazole rings is 1. The van der Waals surface area contributed by atoms with Gasteiger partial charge < -0.3 is 15.2 Å². The van der Waals surface area contributed by atoms with Crippen LogP contribution in [0.3, 0.4) is 0 Å². The predicted octanol–water partition coefficient (Wildman–Crippen LogP) is 4.28. The minimum absolute atomic E-state index is 0.143. The standard InChI is InChI=1S/C22H23ClF3N7O2S/c1-12(30-19(34)15-9-28-18(32(15)2)11-33-5-3-4-6-33)21-29-10-16(36-21)20(35)31-17-7-13(22(24,25)26)14(23)8-27-17/h7-10,12H,3-6,11H2,1-2H3,(H,30,34)(H,27,31,35)/t12-/m1/s1. The summed E-state index contributed by atoms with van der Waals surface area (Å²) < 4.78 is 40.9. The quantitative estimate of drug-likeness (QED) is 0.462. The number of hydrogen-bond acceptors (Lipinski definition) is 7. The van der Waals surface area contributed by atoms with Crippen molar-refractivity contribution in [3.8, 4) is 0 Å². The summed E-state index contributed by atoms with van der Waals surface area (Å²) in [5, 5.41) is 5.04. The van der Waals surface area contributed by atoms with Gasteiger partial charge in [-0.1, -0.05) is 11.6 Å². The average molecular weight is 542 g/mol. The van der Waals surface area contributed by atoms with Crippen LogP contribution in [0.2, 0.25) is 5.02 Å². The molecule has 36 heavy (non-hydrogen) atoms. The number of anilines is 1. The maximum absolute atomic E-state index is 13.1. The molecule has 1 aliphatic rings. The van der Waals surface area contributed by atoms with Gasteiger partial charge in [-0.3, -0.25) is 14.5 Å². The lowest BCUT2D eigenvalue weighted by molar-refractivity contribution is -0.137. The Morgan fingerprint density at radius 3 is 2.56 bits per heavy atom. The molecule has 2 N–H and O–H groups in total. The van der Waals surface area contributed by atoms with Crippen molar-refractivity contribution < 1.29 is 22.8 Å². The molecule has 0 aliphatic carbocycles. The number of halogens is 4. The van der Waals surface area contributed by atoms with Gasteiger partial charge in [-0.2, -0.15) is 13.2 Å². The molecule has 0 radical (unpaired) electrons. The number of hydrogen-bond donors (Lipinski definition) is 2. The number of carbonyl (C=O) groups excluding carboxylic acids is 2. The molecule has 1 atom stereocenters. The van der Waals surface area contributed by atoms with Crippen LogP contribution in [-0.4, -0.2) is 49.3 Å². The normalized spacial score (nSPS) is 15.2. The number of aromatic nitrogens is 4. The van der Waals surface area contributed by atoms with Gasteiger partial charge in [-0.05, 0) is 38.9 Å². The van der Waals surface area contributed by atoms with E-state index in [0.717, 1.165) is 49.3 Å². The molecule has 2 amide bonds. The highest BCUT2D eigenvalue weighted by Gasteiger charge is 2.34. The van der Waals surface area contributed by atoms with Crippen molar-refractivity contribution in [3.63, 3.8) is 0 Å². The summed E-state index contributed by atoms with van der Waals surface area (Å²) in [7, 11) is 1.79. The first kappa shape index (κ1) is 26.0. The van der Waals surface area contributed by atoms with Crippen molar-refractivity contribution in [2.75, 3.05) is 18.4 Å². The fourth-order valence-corrected chi connectivity index (χ4v) is 4.80. The van der Waals surface area contributed by atoms with E-state index in [9.17, 15) is 22.8 Å². The molecular formula is C22H23ClF3N7O2S. The van der Waals surface area contributed by atoms with Crippen molar-refractivity contribution in [2.45, 2.75) is 38.5 Å². The van der Waals surface area contributed by atoms with Crippen molar-refractivity contribution in [3.05, 3.63) is 56.6 Å². The van der Waals surface area contributed by atoms with Crippen molar-refractivity contribution in [1.29, 1.82) is 0 Å². The second-order valence-electron chi connectivity index (χ2n) is 8.36. The van der Waals surface area contributed by atoms with Crippen LogP contribution in [0.1, 0.15) is 62.4 Å². The van der Waals surface area contributed by atoms with Crippen LogP contribution >= 0.6 is 22.9 Å². The lowest BCUT2D eigenvalue weighted by atomic mass is 10.2. The number of nitrogens with one attached hydrogen (secondary N) is 2. The summed E-state index contributed by atoms with van der Waals surface area (Å²) in [5.41, 5.74) is -0.700. The van der Waals surface area contributed by atoms with Gasteiger partial charge >= 0.3 is 6.18 Å². The summed E-state index contributed by atoms with van der Waals surface area (Å²) >= 11 is 6.57. The zero-order valence-corrected chi connectivity index (χ0v) is 21.0. The number of nitrogens with zero attached hydrogens (tertiary/aromatic N) is 5. The van der Waals surface area contributed by atoms with Crippen molar-refractivity contribution >= 4 is 40.6 Å². The average Bonchev–Trinajstić information content (AvgIpc) is 3.57. The van der Waals surface area contributed by atoms with Gasteiger partial charge in [0.1, 0.15) is 27.2 Å². The molecule has 0 bridgehead atoms. The topological polar surface area (TPSA) is 105 Å². The van der Waals surface area contributed by atoms with Crippen molar-refractivity contribution in [1.82, 2.24) is 29.7 Å². The Balaban J connectivity index is 1.39. The second-order valence-corrected chi connectivity index (χ2v) is 9.83. The van der Waals surface area contributed by atoms with E-state index in [2.05, 4.69) is 30.5 Å². The first-order chi connectivity index (χ1) is 17.0. The maximum Gasteiger partial charge on any atom is 0.418 e. The molecule has 1 fully saturated rings. The summed E-state index contributed by atoms with van der Waals surface area (Å²) in [5.74, 6) is -0.517. The van der Waals surface area contributed by atoms with E-state index in [-0.39, 0.29) is 16.6 Å². The fourth-order valence-electron chi connectivity index (χ4n) is 3.77. The minimum atomic E-state index is -4.69. The number of pyridine rings is 1. The smallest absolute Gasteiger partial charge is 0.342 e. The largest absolute Gasteiger partial charge is 0.418 e. The van der Waals surface area contributed by atoms with Gasteiger partial charge in [0.25, 0.3) is 11.8 Å². The number of alkyl halides is 3. The molecule has 0 spiro atoms. The fraction of sp³-hybridized carbons (Fsp3) is 0.409. The number of carbonyl (C=O) groups is 2. The summed E-state index contributed by atoms with van der Waals surface area (Å²) in [4.78, 5) is 40.1. The molecule has 4 heterocycles. The van der Waals surface area contributed by atoms with Crippen LogP contribution in [0.4, 0.5) is 19.0 Å². The number of imidazole rings is 1. The summed E-state index contributed by atoms with van der Waals surface area (Å²) in [6.07, 6.45) is 1.28. The Hall–Kier alpha value is -3.03. The summed E-state index contributed by atoms with van der Waals surface area (Å²) in [6.45, 7) is 4.43. The van der Waals surface area contributed by atoms with E-state index in [4.69, 9.17) is 11.6 Å². The van der Waals surface area contributed by atoms with E-state index in [0.29, 0.717) is 23.3 Å². The van der Waals surface area contributed by atoms with E-state index in [1.165, 1.54) is 12.4 Å². The monoisotopic (exact) mass is 541 g/mol. The highest BCUT2D eigenvalue weighted by Crippen LogP contribution is 2.35. The zero-order chi connectivity index (χ0) is 26.0. The molecule has 0 unspecified atom stereocenters. The van der Waals surface area contributed by atoms with Crippen LogP contribution < -0.4 is 10.6 Å². The van der Waals surface area contributed by atoms with Gasteiger partial charge in [0.05, 0.1) is 35.6 Å². The molecule has 3 aromatic heterocycles. The lowest BCUT2D eigenvalue weighted by Gasteiger charge is -2.15. The molecular weight excluding hydrogens is 519 g/mol. The maximum atomic E-state index is 13.1. The van der Waals surface area contributed by atoms with Crippen molar-refractivity contribution in [2.24, 2.45) is 7.05 Å². The molecule has 3 aromatic rings. The van der Waals surface area contributed by atoms with Crippen LogP contribution in [0.25, 0.3) is 0 Å². The predicted molar refractivity (Wildman–Crippen MR) is 128 cm³/mol. The zero-order valence-electron chi connectivity index (χ0n) is 19.4. The Morgan fingerprint density at radius 2 is 1.86 bits per heavy atom. The third-order valence-electron chi connectivity index (χ3n) is 5.75. The number of amides is 2. The van der Waals surface area contributed by atoms with E-state index in [1.54, 1.807) is 18.5 Å². The highest BCUT2D eigenvalue weighted by molar-refractivity contribution is 7.13. The molecule has 192 valence electrons. The molecule has 14 heteroatoms. The van der Waals surface area contributed by atoms with Gasteiger partial charge in [0.2, 0.25) is 0 Å². The number of rotatable bonds is 7. The summed E-state index contributed by atoms with van der Waals surface area (Å²) in [6, 6.07) is 0.142. The van der Waals surface area contributed by atoms with Gasteiger partial charge in [0, 0.05) is 13.2 Å². The Labute approximate surface area is 213 Å². The third-order valence-corrected chi connectivity index (χ3v) is 7.23. The second kappa shape index (κ2) is 10.5. The van der Waals surface area contributed by atoms with Crippen LogP contribution in [0.5, 0.6) is 0 Å². The van der Waals surface area contributed by atoms with Crippen LogP contribution in [-0.2, 0) is 19.8 Å². The van der Waals surface area contributed by atoms with Crippen LogP contribution in [0.15, 0.2) is 24.7 Å². The first-order valence-electron chi connectivity index (χ1n) is 11.1.